The van der Waals surface area contributed by atoms with E-state index in [1.807, 2.05) is 72.8 Å². The van der Waals surface area contributed by atoms with Gasteiger partial charge in [0.1, 0.15) is 5.75 Å². The van der Waals surface area contributed by atoms with Gasteiger partial charge in [0.05, 0.1) is 24.4 Å². The van der Waals surface area contributed by atoms with Crippen LogP contribution in [0.3, 0.4) is 0 Å². The number of nitrogens with zero attached hydrogens (tertiary/aromatic N) is 3. The highest BCUT2D eigenvalue weighted by molar-refractivity contribution is 5.94. The number of likely N-dealkylation sites (tertiary alicyclic amines) is 1. The summed E-state index contributed by atoms with van der Waals surface area (Å²) in [6.45, 7) is 5.08. The van der Waals surface area contributed by atoms with Crippen LogP contribution in [-0.2, 0) is 22.6 Å². The summed E-state index contributed by atoms with van der Waals surface area (Å²) in [4.78, 5) is 43.2. The molecule has 2 saturated heterocycles. The van der Waals surface area contributed by atoms with Crippen molar-refractivity contribution in [1.82, 2.24) is 20.2 Å². The molecule has 0 aliphatic carbocycles. The van der Waals surface area contributed by atoms with E-state index >= 15 is 0 Å². The highest BCUT2D eigenvalue weighted by Crippen LogP contribution is 2.36. The first-order valence-electron chi connectivity index (χ1n) is 14.2. The standard InChI is InChI=1S/C34H36N4O4/c1-2-19-37-24-31(40)32-29(21-26-15-17-28(39)18-16-26)33(41)36(20-9-14-25-10-5-3-6-11-25)23-30(32)38(37)34(42)35-22-27-12-7-4-8-13-27/h2-18,29-30,32,39H,1,19-24H2,(H,35,42). The third-order valence-corrected chi connectivity index (χ3v) is 7.88. The molecular formula is C34H36N4O4. The molecule has 5 rings (SSSR count). The Morgan fingerprint density at radius 2 is 1.62 bits per heavy atom. The minimum absolute atomic E-state index is 0.0131. The number of phenols is 1. The molecule has 2 heterocycles. The van der Waals surface area contributed by atoms with Crippen molar-refractivity contribution in [2.45, 2.75) is 19.0 Å². The first kappa shape index (κ1) is 28.8. The SMILES string of the molecule is C=CCN1CC(=O)C2C(Cc3ccc(O)cc3)C(=O)N(CC=Cc3ccccc3)CC2N1C(=O)NCc1ccccc1. The van der Waals surface area contributed by atoms with Crippen molar-refractivity contribution < 1.29 is 19.5 Å². The van der Waals surface area contributed by atoms with Crippen LogP contribution in [0.25, 0.3) is 6.08 Å². The van der Waals surface area contributed by atoms with Crippen molar-refractivity contribution in [3.63, 3.8) is 0 Å². The molecule has 3 aromatic carbocycles. The molecule has 3 amide bonds. The summed E-state index contributed by atoms with van der Waals surface area (Å²) >= 11 is 0. The lowest BCUT2D eigenvalue weighted by atomic mass is 9.74. The number of aromatic hydroxyl groups is 1. The van der Waals surface area contributed by atoms with Crippen LogP contribution in [0, 0.1) is 11.8 Å². The maximum atomic E-state index is 14.0. The number of nitrogens with one attached hydrogen (secondary N) is 1. The Labute approximate surface area is 246 Å². The molecule has 0 saturated carbocycles. The summed E-state index contributed by atoms with van der Waals surface area (Å²) in [6.07, 6.45) is 5.91. The summed E-state index contributed by atoms with van der Waals surface area (Å²) < 4.78 is 0. The number of Topliss-reactive ketones (excluding diaryl/α,β-unsaturated/α-hetero) is 1. The maximum absolute atomic E-state index is 14.0. The van der Waals surface area contributed by atoms with Gasteiger partial charge in [0.2, 0.25) is 5.91 Å². The minimum atomic E-state index is -0.663. The Balaban J connectivity index is 1.45. The van der Waals surface area contributed by atoms with E-state index in [2.05, 4.69) is 11.9 Å². The number of amides is 3. The van der Waals surface area contributed by atoms with Gasteiger partial charge >= 0.3 is 6.03 Å². The fourth-order valence-corrected chi connectivity index (χ4v) is 5.91. The molecule has 3 atom stereocenters. The first-order valence-corrected chi connectivity index (χ1v) is 14.2. The van der Waals surface area contributed by atoms with Gasteiger partial charge in [-0.15, -0.1) is 6.58 Å². The third-order valence-electron chi connectivity index (χ3n) is 7.88. The quantitative estimate of drug-likeness (QED) is 0.379. The Bertz CT molecular complexity index is 1420. The zero-order valence-electron chi connectivity index (χ0n) is 23.5. The van der Waals surface area contributed by atoms with Crippen molar-refractivity contribution >= 4 is 23.8 Å². The zero-order valence-corrected chi connectivity index (χ0v) is 23.5. The van der Waals surface area contributed by atoms with Crippen LogP contribution in [0.2, 0.25) is 0 Å². The largest absolute Gasteiger partial charge is 0.508 e. The van der Waals surface area contributed by atoms with Gasteiger partial charge in [-0.05, 0) is 35.2 Å². The molecule has 42 heavy (non-hydrogen) atoms. The number of ketones is 1. The number of piperidine rings is 1. The average molecular weight is 565 g/mol. The molecule has 2 aliphatic rings. The van der Waals surface area contributed by atoms with E-state index in [4.69, 9.17) is 0 Å². The predicted molar refractivity (Wildman–Crippen MR) is 162 cm³/mol. The van der Waals surface area contributed by atoms with E-state index < -0.39 is 17.9 Å². The fourth-order valence-electron chi connectivity index (χ4n) is 5.91. The minimum Gasteiger partial charge on any atom is -0.508 e. The summed E-state index contributed by atoms with van der Waals surface area (Å²) in [7, 11) is 0. The fraction of sp³-hybridized carbons (Fsp3) is 0.265. The molecular weight excluding hydrogens is 528 g/mol. The lowest BCUT2D eigenvalue weighted by Gasteiger charge is -2.52. The second-order valence-electron chi connectivity index (χ2n) is 10.7. The summed E-state index contributed by atoms with van der Waals surface area (Å²) in [5.74, 6) is -1.36. The molecule has 0 spiro atoms. The van der Waals surface area contributed by atoms with Crippen molar-refractivity contribution in [3.05, 3.63) is 120 Å². The molecule has 8 nitrogen and oxygen atoms in total. The molecule has 2 aliphatic heterocycles. The number of rotatable bonds is 9. The number of hydrogen-bond donors (Lipinski definition) is 2. The van der Waals surface area contributed by atoms with E-state index in [1.54, 1.807) is 45.3 Å². The van der Waals surface area contributed by atoms with Gasteiger partial charge in [-0.3, -0.25) is 14.6 Å². The number of hydrogen-bond acceptors (Lipinski definition) is 5. The van der Waals surface area contributed by atoms with Gasteiger partial charge in [0, 0.05) is 26.2 Å². The predicted octanol–water partition coefficient (Wildman–Crippen LogP) is 4.29. The van der Waals surface area contributed by atoms with Crippen LogP contribution < -0.4 is 5.32 Å². The summed E-state index contributed by atoms with van der Waals surface area (Å²) in [6, 6.07) is 25.3. The molecule has 8 heteroatoms. The lowest BCUT2D eigenvalue weighted by Crippen LogP contribution is -2.71. The highest BCUT2D eigenvalue weighted by atomic mass is 16.3. The van der Waals surface area contributed by atoms with Crippen LogP contribution >= 0.6 is 0 Å². The second-order valence-corrected chi connectivity index (χ2v) is 10.7. The van der Waals surface area contributed by atoms with Crippen LogP contribution in [0.4, 0.5) is 4.79 Å². The molecule has 3 unspecified atom stereocenters. The molecule has 2 fully saturated rings. The molecule has 216 valence electrons. The molecule has 2 N–H and O–H groups in total. The van der Waals surface area contributed by atoms with Crippen molar-refractivity contribution in [2.24, 2.45) is 11.8 Å². The van der Waals surface area contributed by atoms with Crippen molar-refractivity contribution in [3.8, 4) is 5.75 Å². The van der Waals surface area contributed by atoms with Gasteiger partial charge in [0.25, 0.3) is 0 Å². The number of fused-ring (bicyclic) bond motifs is 1. The van der Waals surface area contributed by atoms with Crippen LogP contribution in [0.15, 0.2) is 104 Å². The van der Waals surface area contributed by atoms with Gasteiger partial charge in [0.15, 0.2) is 5.78 Å². The van der Waals surface area contributed by atoms with E-state index in [1.165, 1.54) is 0 Å². The number of carbonyl (C=O) groups is 3. The van der Waals surface area contributed by atoms with Crippen LogP contribution in [-0.4, -0.2) is 70.0 Å². The van der Waals surface area contributed by atoms with Gasteiger partial charge in [-0.1, -0.05) is 91.0 Å². The molecule has 0 aromatic heterocycles. The Kier molecular flexibility index (Phi) is 9.14. The Morgan fingerprint density at radius 1 is 0.929 bits per heavy atom. The van der Waals surface area contributed by atoms with E-state index in [9.17, 15) is 19.5 Å². The third kappa shape index (κ3) is 6.61. The van der Waals surface area contributed by atoms with Gasteiger partial charge in [-0.2, -0.15) is 0 Å². The maximum Gasteiger partial charge on any atom is 0.332 e. The smallest absolute Gasteiger partial charge is 0.332 e. The van der Waals surface area contributed by atoms with E-state index in [-0.39, 0.29) is 36.6 Å². The lowest BCUT2D eigenvalue weighted by molar-refractivity contribution is -0.166. The van der Waals surface area contributed by atoms with Crippen LogP contribution in [0.1, 0.15) is 16.7 Å². The number of urea groups is 1. The molecule has 3 aromatic rings. The highest BCUT2D eigenvalue weighted by Gasteiger charge is 2.53. The Hall–Kier alpha value is -4.69. The number of hydrazine groups is 1. The van der Waals surface area contributed by atoms with Crippen molar-refractivity contribution in [2.75, 3.05) is 26.2 Å². The van der Waals surface area contributed by atoms with Crippen LogP contribution in [0.5, 0.6) is 5.75 Å². The first-order chi connectivity index (χ1) is 20.4. The average Bonchev–Trinajstić information content (AvgIpc) is 3.00. The monoisotopic (exact) mass is 564 g/mol. The van der Waals surface area contributed by atoms with Crippen molar-refractivity contribution in [1.29, 1.82) is 0 Å². The normalized spacial score (nSPS) is 20.9. The summed E-state index contributed by atoms with van der Waals surface area (Å²) in [5, 5.41) is 16.2. The number of phenolic OH excluding ortho intramolecular Hbond substituents is 1. The Morgan fingerprint density at radius 3 is 2.31 bits per heavy atom. The molecule has 0 radical (unpaired) electrons. The van der Waals surface area contributed by atoms with E-state index in [0.29, 0.717) is 26.1 Å². The molecule has 0 bridgehead atoms. The number of carbonyl (C=O) groups excluding carboxylic acids is 3. The topological polar surface area (TPSA) is 93.2 Å². The van der Waals surface area contributed by atoms with Gasteiger partial charge in [-0.25, -0.2) is 9.80 Å². The second kappa shape index (κ2) is 13.3. The van der Waals surface area contributed by atoms with E-state index in [0.717, 1.165) is 16.7 Å². The number of benzene rings is 3. The van der Waals surface area contributed by atoms with Gasteiger partial charge < -0.3 is 15.3 Å². The summed E-state index contributed by atoms with van der Waals surface area (Å²) in [5.41, 5.74) is 2.82. The zero-order chi connectivity index (χ0) is 29.5.